The van der Waals surface area contributed by atoms with Gasteiger partial charge >= 0.3 is 0 Å². The molecule has 1 aromatic carbocycles. The molecular weight excluding hydrogens is 396 g/mol. The maximum absolute atomic E-state index is 12.1. The van der Waals surface area contributed by atoms with Crippen molar-refractivity contribution in [3.05, 3.63) is 34.3 Å². The molecule has 0 bridgehead atoms. The molecule has 1 atom stereocenters. The molecule has 3 rings (SSSR count). The van der Waals surface area contributed by atoms with Crippen LogP contribution in [0.2, 0.25) is 0 Å². The monoisotopic (exact) mass is 412 g/mol. The number of hydrogen-bond donors (Lipinski definition) is 2. The number of benzene rings is 1. The zero-order chi connectivity index (χ0) is 16.2. The highest BCUT2D eigenvalue weighted by Gasteiger charge is 2.22. The van der Waals surface area contributed by atoms with Crippen LogP contribution in [0.4, 0.5) is 5.13 Å². The fourth-order valence-corrected chi connectivity index (χ4v) is 3.88. The lowest BCUT2D eigenvalue weighted by Crippen LogP contribution is -2.28. The second-order valence-corrected chi connectivity index (χ2v) is 8.54. The lowest BCUT2D eigenvalue weighted by molar-refractivity contribution is -0.119. The number of rotatable bonds is 7. The Bertz CT molecular complexity index is 672. The number of aromatic nitrogens is 2. The lowest BCUT2D eigenvalue weighted by atomic mass is 10.1. The first-order chi connectivity index (χ1) is 11.1. The van der Waals surface area contributed by atoms with Crippen LogP contribution in [-0.4, -0.2) is 27.9 Å². The smallest absolute Gasteiger partial charge is 0.230 e. The number of nitrogens with zero attached hydrogens (tertiary/aromatic N) is 2. The molecule has 5 nitrogen and oxygen atoms in total. The molecule has 0 spiro atoms. The number of hydrogen-bond acceptors (Lipinski definition) is 6. The van der Waals surface area contributed by atoms with Gasteiger partial charge in [-0.15, -0.1) is 10.2 Å². The normalized spacial score (nSPS) is 15.2. The number of amides is 1. The average Bonchev–Trinajstić information content (AvgIpc) is 3.22. The topological polar surface area (TPSA) is 66.9 Å². The van der Waals surface area contributed by atoms with Crippen molar-refractivity contribution in [3.8, 4) is 0 Å². The van der Waals surface area contributed by atoms with Crippen LogP contribution in [0.5, 0.6) is 0 Å². The minimum Gasteiger partial charge on any atom is -0.357 e. The van der Waals surface area contributed by atoms with Gasteiger partial charge in [0.15, 0.2) is 4.34 Å². The SMILES string of the molecule is CC(NC(=O)CSc1nnc(NC2CC2)s1)c1ccc(Br)cc1. The Balaban J connectivity index is 1.45. The number of nitrogens with one attached hydrogen (secondary N) is 2. The molecule has 2 N–H and O–H groups in total. The summed E-state index contributed by atoms with van der Waals surface area (Å²) in [5.41, 5.74) is 1.08. The largest absolute Gasteiger partial charge is 0.357 e. The van der Waals surface area contributed by atoms with Gasteiger partial charge in [0.1, 0.15) is 0 Å². The van der Waals surface area contributed by atoms with Crippen molar-refractivity contribution in [2.45, 2.75) is 36.2 Å². The quantitative estimate of drug-likeness (QED) is 0.676. The van der Waals surface area contributed by atoms with Crippen LogP contribution in [0.15, 0.2) is 33.1 Å². The van der Waals surface area contributed by atoms with E-state index in [2.05, 4.69) is 36.8 Å². The van der Waals surface area contributed by atoms with Crippen molar-refractivity contribution in [1.29, 1.82) is 0 Å². The van der Waals surface area contributed by atoms with Crippen LogP contribution >= 0.6 is 39.0 Å². The second-order valence-electron chi connectivity index (χ2n) is 5.42. The van der Waals surface area contributed by atoms with Gasteiger partial charge in [-0.1, -0.05) is 51.2 Å². The molecule has 122 valence electrons. The number of thioether (sulfide) groups is 1. The third-order valence-corrected chi connectivity index (χ3v) is 5.90. The summed E-state index contributed by atoms with van der Waals surface area (Å²) in [4.78, 5) is 12.1. The van der Waals surface area contributed by atoms with E-state index >= 15 is 0 Å². The van der Waals surface area contributed by atoms with Crippen molar-refractivity contribution in [1.82, 2.24) is 15.5 Å². The van der Waals surface area contributed by atoms with Gasteiger partial charge in [0.25, 0.3) is 0 Å². The Kier molecular flexibility index (Phi) is 5.55. The highest BCUT2D eigenvalue weighted by atomic mass is 79.9. The Labute approximate surface area is 151 Å². The predicted octanol–water partition coefficient (Wildman–Crippen LogP) is 3.84. The first-order valence-corrected chi connectivity index (χ1v) is 9.97. The molecule has 1 aromatic heterocycles. The van der Waals surface area contributed by atoms with E-state index in [1.54, 1.807) is 0 Å². The van der Waals surface area contributed by atoms with Crippen LogP contribution in [0.1, 0.15) is 31.4 Å². The highest BCUT2D eigenvalue weighted by molar-refractivity contribution is 9.10. The van der Waals surface area contributed by atoms with Gasteiger partial charge in [0.05, 0.1) is 11.8 Å². The van der Waals surface area contributed by atoms with Gasteiger partial charge in [0.2, 0.25) is 11.0 Å². The Morgan fingerprint density at radius 1 is 1.39 bits per heavy atom. The molecule has 8 heteroatoms. The number of anilines is 1. The van der Waals surface area contributed by atoms with Gasteiger partial charge in [-0.3, -0.25) is 4.79 Å². The Morgan fingerprint density at radius 2 is 2.13 bits per heavy atom. The molecule has 2 aromatic rings. The molecular formula is C15H17BrN4OS2. The van der Waals surface area contributed by atoms with Gasteiger partial charge in [0, 0.05) is 10.5 Å². The first-order valence-electron chi connectivity index (χ1n) is 7.38. The highest BCUT2D eigenvalue weighted by Crippen LogP contribution is 2.30. The molecule has 1 unspecified atom stereocenters. The van der Waals surface area contributed by atoms with E-state index in [0.29, 0.717) is 11.8 Å². The van der Waals surface area contributed by atoms with Gasteiger partial charge in [-0.25, -0.2) is 0 Å². The van der Waals surface area contributed by atoms with E-state index in [1.807, 2.05) is 31.2 Å². The van der Waals surface area contributed by atoms with Gasteiger partial charge in [-0.2, -0.15) is 0 Å². The van der Waals surface area contributed by atoms with Crippen molar-refractivity contribution in [3.63, 3.8) is 0 Å². The fourth-order valence-electron chi connectivity index (χ4n) is 1.97. The van der Waals surface area contributed by atoms with Gasteiger partial charge < -0.3 is 10.6 Å². The van der Waals surface area contributed by atoms with Crippen molar-refractivity contribution in [2.24, 2.45) is 0 Å². The summed E-state index contributed by atoms with van der Waals surface area (Å²) in [6, 6.07) is 8.50. The summed E-state index contributed by atoms with van der Waals surface area (Å²) >= 11 is 6.34. The average molecular weight is 413 g/mol. The lowest BCUT2D eigenvalue weighted by Gasteiger charge is -2.14. The third-order valence-electron chi connectivity index (χ3n) is 3.39. The molecule has 1 aliphatic carbocycles. The minimum atomic E-state index is -0.0160. The fraction of sp³-hybridized carbons (Fsp3) is 0.400. The maximum Gasteiger partial charge on any atom is 0.230 e. The van der Waals surface area contributed by atoms with Crippen LogP contribution in [0.25, 0.3) is 0 Å². The maximum atomic E-state index is 12.1. The van der Waals surface area contributed by atoms with E-state index in [1.165, 1.54) is 35.9 Å². The molecule has 1 aliphatic rings. The third kappa shape index (κ3) is 5.19. The molecule has 1 heterocycles. The van der Waals surface area contributed by atoms with Crippen molar-refractivity contribution >= 4 is 50.1 Å². The summed E-state index contributed by atoms with van der Waals surface area (Å²) in [7, 11) is 0. The predicted molar refractivity (Wildman–Crippen MR) is 98.0 cm³/mol. The second kappa shape index (κ2) is 7.63. The molecule has 0 saturated heterocycles. The zero-order valence-corrected chi connectivity index (χ0v) is 15.8. The van der Waals surface area contributed by atoms with Crippen LogP contribution in [-0.2, 0) is 4.79 Å². The molecule has 1 saturated carbocycles. The number of carbonyl (C=O) groups is 1. The summed E-state index contributed by atoms with van der Waals surface area (Å²) in [6.45, 7) is 1.98. The molecule has 23 heavy (non-hydrogen) atoms. The summed E-state index contributed by atoms with van der Waals surface area (Å²) in [5.74, 6) is 0.344. The molecule has 0 aliphatic heterocycles. The van der Waals surface area contributed by atoms with Gasteiger partial charge in [-0.05, 0) is 37.5 Å². The number of halogens is 1. The van der Waals surface area contributed by atoms with E-state index < -0.39 is 0 Å². The van der Waals surface area contributed by atoms with Crippen molar-refractivity contribution in [2.75, 3.05) is 11.1 Å². The van der Waals surface area contributed by atoms with Crippen LogP contribution < -0.4 is 10.6 Å². The van der Waals surface area contributed by atoms with Crippen molar-refractivity contribution < 1.29 is 4.79 Å². The first kappa shape index (κ1) is 16.7. The van der Waals surface area contributed by atoms with E-state index in [9.17, 15) is 4.79 Å². The Morgan fingerprint density at radius 3 is 2.83 bits per heavy atom. The summed E-state index contributed by atoms with van der Waals surface area (Å²) in [6.07, 6.45) is 2.41. The van der Waals surface area contributed by atoms with Crippen LogP contribution in [0.3, 0.4) is 0 Å². The van der Waals surface area contributed by atoms with E-state index in [-0.39, 0.29) is 11.9 Å². The Hall–Kier alpha value is -1.12. The molecule has 0 radical (unpaired) electrons. The van der Waals surface area contributed by atoms with E-state index in [4.69, 9.17) is 0 Å². The number of carbonyl (C=O) groups excluding carboxylic acids is 1. The summed E-state index contributed by atoms with van der Waals surface area (Å²) in [5, 5.41) is 15.3. The molecule has 1 fully saturated rings. The minimum absolute atomic E-state index is 0.00248. The van der Waals surface area contributed by atoms with E-state index in [0.717, 1.165) is 19.5 Å². The standard InChI is InChI=1S/C15H17BrN4OS2/c1-9(10-2-4-11(16)5-3-10)17-13(21)8-22-15-20-19-14(23-15)18-12-6-7-12/h2-5,9,12H,6-8H2,1H3,(H,17,21)(H,18,19). The zero-order valence-electron chi connectivity index (χ0n) is 12.6. The molecule has 1 amide bonds. The summed E-state index contributed by atoms with van der Waals surface area (Å²) < 4.78 is 1.85. The van der Waals surface area contributed by atoms with Crippen LogP contribution in [0, 0.1) is 0 Å².